The van der Waals surface area contributed by atoms with E-state index in [0.29, 0.717) is 6.54 Å². The van der Waals surface area contributed by atoms with E-state index in [0.717, 1.165) is 5.69 Å². The van der Waals surface area contributed by atoms with Gasteiger partial charge in [-0.3, -0.25) is 0 Å². The summed E-state index contributed by atoms with van der Waals surface area (Å²) in [6, 6.07) is 8.51. The van der Waals surface area contributed by atoms with Gasteiger partial charge in [-0.25, -0.2) is 0 Å². The summed E-state index contributed by atoms with van der Waals surface area (Å²) in [5, 5.41) is 3.33. The van der Waals surface area contributed by atoms with Crippen LogP contribution in [-0.2, 0) is 9.47 Å². The Bertz CT molecular complexity index is 361. The van der Waals surface area contributed by atoms with Gasteiger partial charge < -0.3 is 19.7 Å². The fourth-order valence-corrected chi connectivity index (χ4v) is 2.25. The number of rotatable bonds is 6. The summed E-state index contributed by atoms with van der Waals surface area (Å²) in [7, 11) is 3.30. The van der Waals surface area contributed by atoms with Crippen molar-refractivity contribution in [1.29, 1.82) is 0 Å². The van der Waals surface area contributed by atoms with E-state index in [-0.39, 0.29) is 6.29 Å². The van der Waals surface area contributed by atoms with E-state index >= 15 is 0 Å². The maximum absolute atomic E-state index is 5.16. The number of ether oxygens (including phenoxy) is 2. The van der Waals surface area contributed by atoms with E-state index in [2.05, 4.69) is 34.5 Å². The van der Waals surface area contributed by atoms with Crippen LogP contribution in [0.3, 0.4) is 0 Å². The number of benzene rings is 1. The van der Waals surface area contributed by atoms with Crippen molar-refractivity contribution in [3.8, 4) is 0 Å². The van der Waals surface area contributed by atoms with Crippen LogP contribution in [0.1, 0.15) is 12.8 Å². The molecule has 2 rings (SSSR count). The van der Waals surface area contributed by atoms with Crippen LogP contribution in [-0.4, -0.2) is 40.1 Å². The van der Waals surface area contributed by atoms with Crippen LogP contribution in [0.2, 0.25) is 0 Å². The molecule has 0 aliphatic carbocycles. The highest BCUT2D eigenvalue weighted by atomic mass is 16.7. The Hall–Kier alpha value is -1.26. The Labute approximate surface area is 109 Å². The van der Waals surface area contributed by atoms with Gasteiger partial charge in [0.1, 0.15) is 0 Å². The van der Waals surface area contributed by atoms with Crippen molar-refractivity contribution in [1.82, 2.24) is 0 Å². The number of hydrogen-bond acceptors (Lipinski definition) is 4. The van der Waals surface area contributed by atoms with Gasteiger partial charge >= 0.3 is 0 Å². The number of methoxy groups -OCH3 is 2. The lowest BCUT2D eigenvalue weighted by Gasteiger charge is -2.19. The van der Waals surface area contributed by atoms with Gasteiger partial charge in [-0.05, 0) is 31.0 Å². The van der Waals surface area contributed by atoms with Gasteiger partial charge in [0.05, 0.1) is 6.54 Å². The fraction of sp³-hybridized carbons (Fsp3) is 0.571. The summed E-state index contributed by atoms with van der Waals surface area (Å²) in [5.41, 5.74) is 2.40. The van der Waals surface area contributed by atoms with Gasteiger partial charge in [-0.2, -0.15) is 0 Å². The SMILES string of the molecule is COC(CNc1cccc(N2CCCC2)c1)OC. The lowest BCUT2D eigenvalue weighted by molar-refractivity contribution is -0.0914. The maximum Gasteiger partial charge on any atom is 0.173 e. The highest BCUT2D eigenvalue weighted by Crippen LogP contribution is 2.23. The van der Waals surface area contributed by atoms with E-state index in [1.54, 1.807) is 14.2 Å². The van der Waals surface area contributed by atoms with E-state index in [1.807, 2.05) is 0 Å². The molecule has 1 aliphatic heterocycles. The predicted octanol–water partition coefficient (Wildman–Crippen LogP) is 2.32. The molecular weight excluding hydrogens is 228 g/mol. The zero-order chi connectivity index (χ0) is 12.8. The molecule has 1 heterocycles. The van der Waals surface area contributed by atoms with Crippen LogP contribution < -0.4 is 10.2 Å². The highest BCUT2D eigenvalue weighted by molar-refractivity contribution is 5.58. The van der Waals surface area contributed by atoms with Crippen LogP contribution >= 0.6 is 0 Å². The quantitative estimate of drug-likeness (QED) is 0.786. The van der Waals surface area contributed by atoms with Crippen LogP contribution in [0, 0.1) is 0 Å². The summed E-state index contributed by atoms with van der Waals surface area (Å²) in [6.45, 7) is 2.99. The Kier molecular flexibility index (Phi) is 4.84. The second-order valence-electron chi connectivity index (χ2n) is 4.53. The molecule has 0 aromatic heterocycles. The summed E-state index contributed by atoms with van der Waals surface area (Å²) in [6.07, 6.45) is 2.39. The first-order chi connectivity index (χ1) is 8.83. The molecule has 0 spiro atoms. The predicted molar refractivity (Wildman–Crippen MR) is 74.2 cm³/mol. The molecule has 1 fully saturated rings. The zero-order valence-electron chi connectivity index (χ0n) is 11.2. The highest BCUT2D eigenvalue weighted by Gasteiger charge is 2.12. The minimum atomic E-state index is -0.208. The molecular formula is C14H22N2O2. The molecule has 1 aromatic rings. The molecule has 0 atom stereocenters. The molecule has 100 valence electrons. The van der Waals surface area contributed by atoms with Crippen LogP contribution in [0.5, 0.6) is 0 Å². The Balaban J connectivity index is 1.94. The van der Waals surface area contributed by atoms with Gasteiger partial charge in [-0.15, -0.1) is 0 Å². The molecule has 0 amide bonds. The smallest absolute Gasteiger partial charge is 0.173 e. The van der Waals surface area contributed by atoms with Crippen LogP contribution in [0.4, 0.5) is 11.4 Å². The summed E-state index contributed by atoms with van der Waals surface area (Å²) < 4.78 is 10.3. The molecule has 0 bridgehead atoms. The Morgan fingerprint density at radius 3 is 2.61 bits per heavy atom. The minimum absolute atomic E-state index is 0.208. The second-order valence-corrected chi connectivity index (χ2v) is 4.53. The number of nitrogens with zero attached hydrogens (tertiary/aromatic N) is 1. The third kappa shape index (κ3) is 3.37. The largest absolute Gasteiger partial charge is 0.380 e. The van der Waals surface area contributed by atoms with Crippen molar-refractivity contribution < 1.29 is 9.47 Å². The second kappa shape index (κ2) is 6.61. The molecule has 1 N–H and O–H groups in total. The average Bonchev–Trinajstić information content (AvgIpc) is 2.94. The average molecular weight is 250 g/mol. The molecule has 4 nitrogen and oxygen atoms in total. The number of hydrogen-bond donors (Lipinski definition) is 1. The van der Waals surface area contributed by atoms with Gasteiger partial charge in [0.15, 0.2) is 6.29 Å². The molecule has 1 saturated heterocycles. The van der Waals surface area contributed by atoms with E-state index < -0.39 is 0 Å². The van der Waals surface area contributed by atoms with Crippen LogP contribution in [0.25, 0.3) is 0 Å². The molecule has 4 heteroatoms. The summed E-state index contributed by atoms with van der Waals surface area (Å²) >= 11 is 0. The first-order valence-electron chi connectivity index (χ1n) is 6.48. The molecule has 0 radical (unpaired) electrons. The van der Waals surface area contributed by atoms with E-state index in [9.17, 15) is 0 Å². The van der Waals surface area contributed by atoms with E-state index in [1.165, 1.54) is 31.6 Å². The molecule has 0 unspecified atom stereocenters. The van der Waals surface area contributed by atoms with Crippen molar-refractivity contribution >= 4 is 11.4 Å². The molecule has 0 saturated carbocycles. The van der Waals surface area contributed by atoms with Crippen molar-refractivity contribution in [3.05, 3.63) is 24.3 Å². The van der Waals surface area contributed by atoms with Crippen molar-refractivity contribution in [2.24, 2.45) is 0 Å². The molecule has 1 aliphatic rings. The van der Waals surface area contributed by atoms with Crippen molar-refractivity contribution in [3.63, 3.8) is 0 Å². The summed E-state index contributed by atoms with van der Waals surface area (Å²) in [5.74, 6) is 0. The van der Waals surface area contributed by atoms with Crippen molar-refractivity contribution in [2.75, 3.05) is 44.1 Å². The molecule has 1 aromatic carbocycles. The normalized spacial score (nSPS) is 15.4. The zero-order valence-corrected chi connectivity index (χ0v) is 11.2. The fourth-order valence-electron chi connectivity index (χ4n) is 2.25. The Morgan fingerprint density at radius 2 is 1.94 bits per heavy atom. The lowest BCUT2D eigenvalue weighted by Crippen LogP contribution is -2.24. The first-order valence-corrected chi connectivity index (χ1v) is 6.48. The van der Waals surface area contributed by atoms with Gasteiger partial charge in [0.25, 0.3) is 0 Å². The lowest BCUT2D eigenvalue weighted by atomic mass is 10.2. The first kappa shape index (κ1) is 13.2. The monoisotopic (exact) mass is 250 g/mol. The van der Waals surface area contributed by atoms with Crippen molar-refractivity contribution in [2.45, 2.75) is 19.1 Å². The standard InChI is InChI=1S/C14H22N2O2/c1-17-14(18-2)11-15-12-6-5-7-13(10-12)16-8-3-4-9-16/h5-7,10,14-15H,3-4,8-9,11H2,1-2H3. The number of anilines is 2. The van der Waals surface area contributed by atoms with Gasteiger partial charge in [0.2, 0.25) is 0 Å². The minimum Gasteiger partial charge on any atom is -0.380 e. The number of nitrogens with one attached hydrogen (secondary N) is 1. The maximum atomic E-state index is 5.16. The molecule has 18 heavy (non-hydrogen) atoms. The topological polar surface area (TPSA) is 33.7 Å². The Morgan fingerprint density at radius 1 is 1.22 bits per heavy atom. The third-order valence-corrected chi connectivity index (χ3v) is 3.32. The third-order valence-electron chi connectivity index (χ3n) is 3.32. The van der Waals surface area contributed by atoms with Gasteiger partial charge in [0, 0.05) is 38.7 Å². The van der Waals surface area contributed by atoms with Crippen LogP contribution in [0.15, 0.2) is 24.3 Å². The van der Waals surface area contributed by atoms with Gasteiger partial charge in [-0.1, -0.05) is 6.07 Å². The summed E-state index contributed by atoms with van der Waals surface area (Å²) in [4.78, 5) is 2.43. The van der Waals surface area contributed by atoms with E-state index in [4.69, 9.17) is 9.47 Å².